The standard InChI is InChI=1S/C11H19N3O4S2/c1-2-13-10-4-6-11(7-5-10)20(17,18)14-8-3-9-19(12,15)16/h4-7,13-14H,2-3,8-9H2,1H3,(H2,12,15,16). The molecule has 0 amide bonds. The van der Waals surface area contributed by atoms with Crippen LogP contribution in [0.25, 0.3) is 0 Å². The molecule has 0 aliphatic rings. The van der Waals surface area contributed by atoms with Crippen molar-refractivity contribution in [3.05, 3.63) is 24.3 Å². The lowest BCUT2D eigenvalue weighted by Gasteiger charge is -2.08. The second kappa shape index (κ2) is 7.02. The van der Waals surface area contributed by atoms with E-state index in [0.717, 1.165) is 12.2 Å². The highest BCUT2D eigenvalue weighted by Gasteiger charge is 2.13. The van der Waals surface area contributed by atoms with Crippen molar-refractivity contribution in [1.29, 1.82) is 0 Å². The number of hydrogen-bond acceptors (Lipinski definition) is 5. The van der Waals surface area contributed by atoms with Gasteiger partial charge in [-0.15, -0.1) is 0 Å². The summed E-state index contributed by atoms with van der Waals surface area (Å²) in [6, 6.07) is 6.31. The van der Waals surface area contributed by atoms with E-state index in [9.17, 15) is 16.8 Å². The van der Waals surface area contributed by atoms with Crippen LogP contribution in [0.4, 0.5) is 5.69 Å². The van der Waals surface area contributed by atoms with Gasteiger partial charge in [-0.3, -0.25) is 0 Å². The number of nitrogens with one attached hydrogen (secondary N) is 2. The SMILES string of the molecule is CCNc1ccc(S(=O)(=O)NCCCS(N)(=O)=O)cc1. The molecule has 0 bridgehead atoms. The molecule has 0 saturated heterocycles. The molecule has 0 spiro atoms. The molecule has 1 rings (SSSR count). The Kier molecular flexibility index (Phi) is 5.93. The minimum Gasteiger partial charge on any atom is -0.385 e. The molecule has 0 heterocycles. The Labute approximate surface area is 119 Å². The van der Waals surface area contributed by atoms with Gasteiger partial charge in [0.25, 0.3) is 0 Å². The highest BCUT2D eigenvalue weighted by Crippen LogP contribution is 2.13. The van der Waals surface area contributed by atoms with E-state index >= 15 is 0 Å². The lowest BCUT2D eigenvalue weighted by molar-refractivity contribution is 0.576. The largest absolute Gasteiger partial charge is 0.385 e. The summed E-state index contributed by atoms with van der Waals surface area (Å²) in [5.41, 5.74) is 0.834. The van der Waals surface area contributed by atoms with Gasteiger partial charge in [0.1, 0.15) is 0 Å². The van der Waals surface area contributed by atoms with E-state index in [4.69, 9.17) is 5.14 Å². The van der Waals surface area contributed by atoms with E-state index in [2.05, 4.69) is 10.0 Å². The molecule has 7 nitrogen and oxygen atoms in total. The molecule has 0 unspecified atom stereocenters. The van der Waals surface area contributed by atoms with Crippen LogP contribution in [0.15, 0.2) is 29.2 Å². The Morgan fingerprint density at radius 2 is 1.70 bits per heavy atom. The summed E-state index contributed by atoms with van der Waals surface area (Å²) in [7, 11) is -7.18. The Morgan fingerprint density at radius 3 is 2.20 bits per heavy atom. The van der Waals surface area contributed by atoms with Crippen molar-refractivity contribution in [2.45, 2.75) is 18.2 Å². The molecule has 0 aliphatic carbocycles. The van der Waals surface area contributed by atoms with Crippen LogP contribution in [0, 0.1) is 0 Å². The second-order valence-electron chi connectivity index (χ2n) is 4.17. The van der Waals surface area contributed by atoms with Crippen LogP contribution < -0.4 is 15.2 Å². The fraction of sp³-hybridized carbons (Fsp3) is 0.455. The lowest BCUT2D eigenvalue weighted by atomic mass is 10.3. The van der Waals surface area contributed by atoms with Gasteiger partial charge in [0.15, 0.2) is 0 Å². The predicted octanol–water partition coefficient (Wildman–Crippen LogP) is 0.0753. The maximum Gasteiger partial charge on any atom is 0.240 e. The molecule has 114 valence electrons. The molecule has 0 saturated carbocycles. The van der Waals surface area contributed by atoms with Gasteiger partial charge < -0.3 is 5.32 Å². The van der Waals surface area contributed by atoms with E-state index in [1.165, 1.54) is 12.1 Å². The number of nitrogens with two attached hydrogens (primary N) is 1. The van der Waals surface area contributed by atoms with Crippen molar-refractivity contribution < 1.29 is 16.8 Å². The highest BCUT2D eigenvalue weighted by molar-refractivity contribution is 7.89. The van der Waals surface area contributed by atoms with E-state index in [0.29, 0.717) is 0 Å². The Hall–Kier alpha value is -1.16. The number of rotatable bonds is 8. The fourth-order valence-corrected chi connectivity index (χ4v) is 3.14. The van der Waals surface area contributed by atoms with E-state index in [1.54, 1.807) is 12.1 Å². The smallest absolute Gasteiger partial charge is 0.240 e. The molecular formula is C11H19N3O4S2. The van der Waals surface area contributed by atoms with Crippen molar-refractivity contribution in [2.75, 3.05) is 24.2 Å². The molecule has 0 fully saturated rings. The van der Waals surface area contributed by atoms with Gasteiger partial charge >= 0.3 is 0 Å². The minimum absolute atomic E-state index is 0.0216. The van der Waals surface area contributed by atoms with E-state index in [1.807, 2.05) is 6.92 Å². The maximum atomic E-state index is 11.9. The zero-order chi connectivity index (χ0) is 15.2. The number of hydrogen-bond donors (Lipinski definition) is 3. The second-order valence-corrected chi connectivity index (χ2v) is 7.67. The van der Waals surface area contributed by atoms with Crippen LogP contribution >= 0.6 is 0 Å². The Morgan fingerprint density at radius 1 is 1.10 bits per heavy atom. The first-order valence-corrected chi connectivity index (χ1v) is 9.28. The number of primary sulfonamides is 1. The van der Waals surface area contributed by atoms with Gasteiger partial charge in [-0.05, 0) is 37.6 Å². The first-order valence-electron chi connectivity index (χ1n) is 6.08. The van der Waals surface area contributed by atoms with Crippen LogP contribution in [0.5, 0.6) is 0 Å². The zero-order valence-electron chi connectivity index (χ0n) is 11.2. The Bertz CT molecular complexity index is 624. The van der Waals surface area contributed by atoms with Gasteiger partial charge in [-0.25, -0.2) is 26.7 Å². The topological polar surface area (TPSA) is 118 Å². The molecule has 1 aromatic rings. The highest BCUT2D eigenvalue weighted by atomic mass is 32.2. The molecule has 9 heteroatoms. The van der Waals surface area contributed by atoms with Crippen molar-refractivity contribution in [3.8, 4) is 0 Å². The summed E-state index contributed by atoms with van der Waals surface area (Å²) >= 11 is 0. The summed E-state index contributed by atoms with van der Waals surface area (Å²) in [5.74, 6) is -0.255. The van der Waals surface area contributed by atoms with Crippen LogP contribution in [0.1, 0.15) is 13.3 Å². The number of sulfonamides is 2. The Balaban J connectivity index is 2.60. The lowest BCUT2D eigenvalue weighted by Crippen LogP contribution is -2.27. The van der Waals surface area contributed by atoms with Crippen LogP contribution in [-0.4, -0.2) is 35.7 Å². The first-order chi connectivity index (χ1) is 9.24. The molecule has 4 N–H and O–H groups in total. The molecule has 0 aliphatic heterocycles. The fourth-order valence-electron chi connectivity index (χ4n) is 1.52. The van der Waals surface area contributed by atoms with Gasteiger partial charge in [-0.1, -0.05) is 0 Å². The van der Waals surface area contributed by atoms with Crippen LogP contribution in [0.2, 0.25) is 0 Å². The van der Waals surface area contributed by atoms with Crippen LogP contribution in [-0.2, 0) is 20.0 Å². The normalized spacial score (nSPS) is 12.3. The molecule has 1 aromatic carbocycles. The van der Waals surface area contributed by atoms with Gasteiger partial charge in [-0.2, -0.15) is 0 Å². The van der Waals surface area contributed by atoms with E-state index < -0.39 is 20.0 Å². The summed E-state index contributed by atoms with van der Waals surface area (Å²) in [6.45, 7) is 2.71. The molecule has 20 heavy (non-hydrogen) atoms. The monoisotopic (exact) mass is 321 g/mol. The summed E-state index contributed by atoms with van der Waals surface area (Å²) in [6.07, 6.45) is 0.132. The molecule has 0 atom stereocenters. The summed E-state index contributed by atoms with van der Waals surface area (Å²) < 4.78 is 47.6. The average molecular weight is 321 g/mol. The first kappa shape index (κ1) is 16.9. The van der Waals surface area contributed by atoms with Crippen LogP contribution in [0.3, 0.4) is 0 Å². The maximum absolute atomic E-state index is 11.9. The van der Waals surface area contributed by atoms with Gasteiger partial charge in [0.2, 0.25) is 20.0 Å². The summed E-state index contributed by atoms with van der Waals surface area (Å²) in [5, 5.41) is 7.89. The van der Waals surface area contributed by atoms with Crippen molar-refractivity contribution in [3.63, 3.8) is 0 Å². The molecule has 0 radical (unpaired) electrons. The summed E-state index contributed by atoms with van der Waals surface area (Å²) in [4.78, 5) is 0.134. The third-order valence-corrected chi connectivity index (χ3v) is 4.78. The van der Waals surface area contributed by atoms with Crippen molar-refractivity contribution in [1.82, 2.24) is 4.72 Å². The zero-order valence-corrected chi connectivity index (χ0v) is 12.8. The quantitative estimate of drug-likeness (QED) is 0.586. The third kappa shape index (κ3) is 5.87. The van der Waals surface area contributed by atoms with Crippen molar-refractivity contribution in [2.24, 2.45) is 5.14 Å². The third-order valence-electron chi connectivity index (χ3n) is 2.44. The van der Waals surface area contributed by atoms with Gasteiger partial charge in [0.05, 0.1) is 10.6 Å². The predicted molar refractivity (Wildman–Crippen MR) is 78.4 cm³/mol. The average Bonchev–Trinajstić information content (AvgIpc) is 2.35. The number of anilines is 1. The van der Waals surface area contributed by atoms with E-state index in [-0.39, 0.29) is 23.6 Å². The number of benzene rings is 1. The van der Waals surface area contributed by atoms with Gasteiger partial charge in [0, 0.05) is 18.8 Å². The minimum atomic E-state index is -3.62. The molecule has 0 aromatic heterocycles. The molecular weight excluding hydrogens is 302 g/mol. The van der Waals surface area contributed by atoms with Crippen molar-refractivity contribution >= 4 is 25.7 Å².